The van der Waals surface area contributed by atoms with Crippen molar-refractivity contribution in [2.45, 2.75) is 19.4 Å². The van der Waals surface area contributed by atoms with Gasteiger partial charge < -0.3 is 15.5 Å². The van der Waals surface area contributed by atoms with Gasteiger partial charge in [-0.2, -0.15) is 0 Å². The van der Waals surface area contributed by atoms with Gasteiger partial charge in [-0.05, 0) is 18.6 Å². The van der Waals surface area contributed by atoms with Gasteiger partial charge in [-0.1, -0.05) is 29.8 Å². The number of carbonyl (C=O) groups is 2. The molecule has 5 heteroatoms. The molecular formula is C14H17NO4. The van der Waals surface area contributed by atoms with Crippen LogP contribution < -0.4 is 5.32 Å². The second-order valence-electron chi connectivity index (χ2n) is 4.16. The summed E-state index contributed by atoms with van der Waals surface area (Å²) < 4.78 is 0. The molecule has 0 heterocycles. The van der Waals surface area contributed by atoms with E-state index in [9.17, 15) is 9.59 Å². The van der Waals surface area contributed by atoms with Gasteiger partial charge in [0.05, 0.1) is 0 Å². The number of carbonyl (C=O) groups excluding carboxylic acids is 1. The first-order valence-electron chi connectivity index (χ1n) is 5.92. The molecule has 3 N–H and O–H groups in total. The van der Waals surface area contributed by atoms with E-state index in [0.717, 1.165) is 11.1 Å². The molecule has 0 aliphatic heterocycles. The second kappa shape index (κ2) is 7.33. The molecule has 5 nitrogen and oxygen atoms in total. The van der Waals surface area contributed by atoms with Gasteiger partial charge in [0.15, 0.2) is 0 Å². The van der Waals surface area contributed by atoms with Gasteiger partial charge in [-0.25, -0.2) is 4.79 Å². The van der Waals surface area contributed by atoms with Crippen LogP contribution in [0.3, 0.4) is 0 Å². The minimum Gasteiger partial charge on any atom is -0.480 e. The number of nitrogens with one attached hydrogen (secondary N) is 1. The van der Waals surface area contributed by atoms with Crippen LogP contribution in [0.4, 0.5) is 0 Å². The number of amides is 1. The molecule has 1 aromatic carbocycles. The number of benzene rings is 1. The van der Waals surface area contributed by atoms with Crippen LogP contribution in [-0.4, -0.2) is 34.7 Å². The van der Waals surface area contributed by atoms with E-state index in [0.29, 0.717) is 0 Å². The van der Waals surface area contributed by atoms with Crippen molar-refractivity contribution in [1.82, 2.24) is 5.32 Å². The molecule has 1 amide bonds. The van der Waals surface area contributed by atoms with E-state index in [1.54, 1.807) is 6.08 Å². The topological polar surface area (TPSA) is 86.6 Å². The van der Waals surface area contributed by atoms with Gasteiger partial charge in [-0.3, -0.25) is 4.79 Å². The van der Waals surface area contributed by atoms with Gasteiger partial charge in [0.25, 0.3) is 0 Å². The zero-order valence-electron chi connectivity index (χ0n) is 10.7. The largest absolute Gasteiger partial charge is 0.480 e. The number of aliphatic hydroxyl groups is 1. The van der Waals surface area contributed by atoms with Crippen LogP contribution in [0.1, 0.15) is 17.5 Å². The Morgan fingerprint density at radius 3 is 2.47 bits per heavy atom. The number of aryl methyl sites for hydroxylation is 1. The van der Waals surface area contributed by atoms with Gasteiger partial charge in [0.2, 0.25) is 5.91 Å². The molecule has 19 heavy (non-hydrogen) atoms. The molecule has 1 rings (SSSR count). The lowest BCUT2D eigenvalue weighted by Crippen LogP contribution is -2.40. The Morgan fingerprint density at radius 1 is 1.32 bits per heavy atom. The summed E-state index contributed by atoms with van der Waals surface area (Å²) in [5.74, 6) is -1.66. The Morgan fingerprint density at radius 2 is 1.95 bits per heavy atom. The van der Waals surface area contributed by atoms with Crippen LogP contribution in [0.25, 0.3) is 6.08 Å². The Bertz CT molecular complexity index is 465. The molecular weight excluding hydrogens is 246 g/mol. The Kier molecular flexibility index (Phi) is 5.75. The van der Waals surface area contributed by atoms with Crippen LogP contribution in [-0.2, 0) is 9.59 Å². The zero-order chi connectivity index (χ0) is 14.3. The molecule has 0 aliphatic rings. The van der Waals surface area contributed by atoms with Crippen molar-refractivity contribution >= 4 is 18.0 Å². The quantitative estimate of drug-likeness (QED) is 0.667. The average Bonchev–Trinajstić information content (AvgIpc) is 2.37. The lowest BCUT2D eigenvalue weighted by Gasteiger charge is -2.11. The fourth-order valence-corrected chi connectivity index (χ4v) is 1.46. The summed E-state index contributed by atoms with van der Waals surface area (Å²) in [4.78, 5) is 22.3. The van der Waals surface area contributed by atoms with E-state index < -0.39 is 17.9 Å². The number of hydrogen-bond acceptors (Lipinski definition) is 3. The lowest BCUT2D eigenvalue weighted by atomic mass is 10.1. The van der Waals surface area contributed by atoms with Crippen LogP contribution in [0, 0.1) is 6.92 Å². The maximum absolute atomic E-state index is 11.5. The molecule has 0 radical (unpaired) electrons. The van der Waals surface area contributed by atoms with E-state index in [4.69, 9.17) is 10.2 Å². The van der Waals surface area contributed by atoms with E-state index in [2.05, 4.69) is 5.32 Å². The van der Waals surface area contributed by atoms with Crippen LogP contribution in [0.15, 0.2) is 30.3 Å². The minimum atomic E-state index is -1.16. The molecule has 0 aromatic heterocycles. The summed E-state index contributed by atoms with van der Waals surface area (Å²) in [7, 11) is 0. The second-order valence-corrected chi connectivity index (χ2v) is 4.16. The van der Waals surface area contributed by atoms with E-state index in [1.165, 1.54) is 6.08 Å². The van der Waals surface area contributed by atoms with Crippen LogP contribution >= 0.6 is 0 Å². The third-order valence-corrected chi connectivity index (χ3v) is 2.54. The predicted molar refractivity (Wildman–Crippen MR) is 71.5 cm³/mol. The summed E-state index contributed by atoms with van der Waals surface area (Å²) in [6, 6.07) is 6.50. The highest BCUT2D eigenvalue weighted by molar-refractivity contribution is 5.94. The normalized spacial score (nSPS) is 12.3. The van der Waals surface area contributed by atoms with Crippen LogP contribution in [0.2, 0.25) is 0 Å². The van der Waals surface area contributed by atoms with Crippen molar-refractivity contribution in [3.8, 4) is 0 Å². The summed E-state index contributed by atoms with van der Waals surface area (Å²) in [6.07, 6.45) is 2.87. The van der Waals surface area contributed by atoms with E-state index in [-0.39, 0.29) is 13.0 Å². The first-order chi connectivity index (χ1) is 9.02. The summed E-state index contributed by atoms with van der Waals surface area (Å²) in [6.45, 7) is 1.67. The molecule has 1 aromatic rings. The Balaban J connectivity index is 2.58. The Labute approximate surface area is 111 Å². The third-order valence-electron chi connectivity index (χ3n) is 2.54. The van der Waals surface area contributed by atoms with Crippen molar-refractivity contribution in [3.05, 3.63) is 41.5 Å². The van der Waals surface area contributed by atoms with Crippen molar-refractivity contribution in [3.63, 3.8) is 0 Å². The van der Waals surface area contributed by atoms with Gasteiger partial charge >= 0.3 is 5.97 Å². The molecule has 0 bridgehead atoms. The van der Waals surface area contributed by atoms with Crippen molar-refractivity contribution in [2.75, 3.05) is 6.61 Å². The highest BCUT2D eigenvalue weighted by atomic mass is 16.4. The van der Waals surface area contributed by atoms with Crippen molar-refractivity contribution in [1.29, 1.82) is 0 Å². The smallest absolute Gasteiger partial charge is 0.326 e. The monoisotopic (exact) mass is 263 g/mol. The number of carboxylic acids is 1. The Hall–Kier alpha value is -2.14. The number of carboxylic acid groups (broad SMARTS) is 1. The summed E-state index contributed by atoms with van der Waals surface area (Å²) in [5.41, 5.74) is 1.98. The maximum atomic E-state index is 11.5. The molecule has 0 saturated carbocycles. The molecule has 0 aliphatic carbocycles. The van der Waals surface area contributed by atoms with Crippen molar-refractivity contribution < 1.29 is 19.8 Å². The predicted octanol–water partition coefficient (Wildman–Crippen LogP) is 0.960. The van der Waals surface area contributed by atoms with E-state index >= 15 is 0 Å². The minimum absolute atomic E-state index is 0.0144. The number of aliphatic carboxylic acids is 1. The lowest BCUT2D eigenvalue weighted by molar-refractivity contribution is -0.141. The average molecular weight is 263 g/mol. The van der Waals surface area contributed by atoms with Gasteiger partial charge in [0, 0.05) is 19.1 Å². The third kappa shape index (κ3) is 5.35. The van der Waals surface area contributed by atoms with E-state index in [1.807, 2.05) is 31.2 Å². The maximum Gasteiger partial charge on any atom is 0.326 e. The molecule has 0 spiro atoms. The first kappa shape index (κ1) is 14.9. The van der Waals surface area contributed by atoms with Crippen LogP contribution in [0.5, 0.6) is 0 Å². The summed E-state index contributed by atoms with van der Waals surface area (Å²) in [5, 5.41) is 19.8. The summed E-state index contributed by atoms with van der Waals surface area (Å²) >= 11 is 0. The first-order valence-corrected chi connectivity index (χ1v) is 5.92. The van der Waals surface area contributed by atoms with Gasteiger partial charge in [0.1, 0.15) is 6.04 Å². The molecule has 0 unspecified atom stereocenters. The fourth-order valence-electron chi connectivity index (χ4n) is 1.46. The molecule has 0 saturated heterocycles. The number of rotatable bonds is 6. The van der Waals surface area contributed by atoms with Crippen molar-refractivity contribution in [2.24, 2.45) is 0 Å². The highest BCUT2D eigenvalue weighted by Crippen LogP contribution is 2.04. The molecule has 1 atom stereocenters. The molecule has 102 valence electrons. The fraction of sp³-hybridized carbons (Fsp3) is 0.286. The number of aliphatic hydroxyl groups excluding tert-OH is 1. The number of hydrogen-bond donors (Lipinski definition) is 3. The zero-order valence-corrected chi connectivity index (χ0v) is 10.7. The highest BCUT2D eigenvalue weighted by Gasteiger charge is 2.17. The SMILES string of the molecule is Cc1ccc(/C=C/C(=O)N[C@@H](CCO)C(=O)O)cc1. The molecule has 0 fully saturated rings. The standard InChI is InChI=1S/C14H17NO4/c1-10-2-4-11(5-3-10)6-7-13(17)15-12(8-9-16)14(18)19/h2-7,12,16H,8-9H2,1H3,(H,15,17)(H,18,19)/b7-6+/t12-/m0/s1. The van der Waals surface area contributed by atoms with Gasteiger partial charge in [-0.15, -0.1) is 0 Å².